The fourth-order valence-corrected chi connectivity index (χ4v) is 4.52. The van der Waals surface area contributed by atoms with Gasteiger partial charge >= 0.3 is 11.9 Å². The lowest BCUT2D eigenvalue weighted by Crippen LogP contribution is -2.43. The van der Waals surface area contributed by atoms with E-state index in [1.807, 2.05) is 26.0 Å². The molecule has 0 aliphatic heterocycles. The molecule has 0 fully saturated rings. The summed E-state index contributed by atoms with van der Waals surface area (Å²) in [5.74, 6) is -1.31. The van der Waals surface area contributed by atoms with E-state index in [9.17, 15) is 24.9 Å². The maximum atomic E-state index is 12.4. The van der Waals surface area contributed by atoms with E-state index < -0.39 is 30.4 Å². The highest BCUT2D eigenvalue weighted by molar-refractivity contribution is 5.72. The number of aliphatic carboxylic acids is 1. The van der Waals surface area contributed by atoms with Crippen LogP contribution in [0.3, 0.4) is 0 Å². The van der Waals surface area contributed by atoms with Crippen molar-refractivity contribution in [3.05, 3.63) is 23.8 Å². The van der Waals surface area contributed by atoms with Crippen molar-refractivity contribution in [2.45, 2.75) is 83.7 Å². The quantitative estimate of drug-likeness (QED) is 0.397. The number of carbonyl (C=O) groups excluding carboxylic acids is 1. The third-order valence-corrected chi connectivity index (χ3v) is 6.44. The Morgan fingerprint density at radius 2 is 1.97 bits per heavy atom. The Bertz CT molecular complexity index is 656. The largest absolute Gasteiger partial charge is 0.481 e. The highest BCUT2D eigenvalue weighted by Gasteiger charge is 2.42. The second-order valence-corrected chi connectivity index (χ2v) is 8.88. The Hall–Kier alpha value is -1.70. The third-order valence-electron chi connectivity index (χ3n) is 6.44. The van der Waals surface area contributed by atoms with Gasteiger partial charge in [-0.05, 0) is 43.1 Å². The molecule has 170 valence electrons. The van der Waals surface area contributed by atoms with Crippen LogP contribution in [0.2, 0.25) is 0 Å². The molecule has 0 bridgehead atoms. The van der Waals surface area contributed by atoms with Gasteiger partial charge in [0.05, 0.1) is 30.7 Å². The summed E-state index contributed by atoms with van der Waals surface area (Å²) in [6, 6.07) is 0. The Labute approximate surface area is 178 Å². The van der Waals surface area contributed by atoms with Crippen LogP contribution in [0, 0.1) is 23.7 Å². The number of ether oxygens (including phenoxy) is 1. The first kappa shape index (κ1) is 24.6. The van der Waals surface area contributed by atoms with Crippen molar-refractivity contribution in [3.63, 3.8) is 0 Å². The summed E-state index contributed by atoms with van der Waals surface area (Å²) >= 11 is 0. The van der Waals surface area contributed by atoms with E-state index in [-0.39, 0.29) is 42.5 Å². The van der Waals surface area contributed by atoms with Crippen molar-refractivity contribution >= 4 is 11.9 Å². The van der Waals surface area contributed by atoms with Gasteiger partial charge in [0, 0.05) is 12.3 Å². The molecule has 2 rings (SSSR count). The molecule has 0 aromatic carbocycles. The number of aliphatic hydroxyl groups is 3. The zero-order chi connectivity index (χ0) is 22.4. The van der Waals surface area contributed by atoms with Gasteiger partial charge in [-0.15, -0.1) is 0 Å². The van der Waals surface area contributed by atoms with Gasteiger partial charge in [0.25, 0.3) is 0 Å². The lowest BCUT2D eigenvalue weighted by molar-refractivity contribution is -0.159. The molecule has 7 nitrogen and oxygen atoms in total. The van der Waals surface area contributed by atoms with Crippen LogP contribution in [0.25, 0.3) is 0 Å². The van der Waals surface area contributed by atoms with Gasteiger partial charge in [-0.1, -0.05) is 39.0 Å². The van der Waals surface area contributed by atoms with E-state index >= 15 is 0 Å². The average molecular weight is 425 g/mol. The number of allylic oxidation sites excluding steroid dienone is 2. The van der Waals surface area contributed by atoms with Crippen molar-refractivity contribution in [2.75, 3.05) is 0 Å². The number of hydrogen-bond donors (Lipinski definition) is 4. The molecule has 8 atom stereocenters. The maximum Gasteiger partial charge on any atom is 0.308 e. The van der Waals surface area contributed by atoms with Gasteiger partial charge in [0.15, 0.2) is 0 Å². The molecule has 0 unspecified atom stereocenters. The van der Waals surface area contributed by atoms with E-state index in [1.54, 1.807) is 0 Å². The van der Waals surface area contributed by atoms with Gasteiger partial charge in [0.2, 0.25) is 0 Å². The van der Waals surface area contributed by atoms with Crippen molar-refractivity contribution in [1.82, 2.24) is 0 Å². The number of aliphatic hydroxyl groups excluding tert-OH is 3. The number of carbonyl (C=O) groups is 2. The van der Waals surface area contributed by atoms with Crippen LogP contribution >= 0.6 is 0 Å². The van der Waals surface area contributed by atoms with Crippen LogP contribution < -0.4 is 0 Å². The van der Waals surface area contributed by atoms with Crippen molar-refractivity contribution in [2.24, 2.45) is 23.7 Å². The fourth-order valence-electron chi connectivity index (χ4n) is 4.52. The smallest absolute Gasteiger partial charge is 0.308 e. The molecule has 2 aliphatic carbocycles. The van der Waals surface area contributed by atoms with E-state index in [0.29, 0.717) is 25.7 Å². The molecule has 0 aromatic heterocycles. The van der Waals surface area contributed by atoms with E-state index in [4.69, 9.17) is 9.84 Å². The standard InChI is InChI=1S/C23H36O7/c1-4-13(2)23(29)30-20-11-17(25)9-15-6-5-14(3)19(22(15)20)8-7-16(24)10-18(26)12-21(27)28/h5-6,9,13-14,16-20,22,24-26H,4,7-8,10-12H2,1-3H3,(H,27,28)/t13-,14-,16-,17+,18-,19-,20-,22-/m0/s1. The number of esters is 1. The molecule has 30 heavy (non-hydrogen) atoms. The van der Waals surface area contributed by atoms with Gasteiger partial charge in [-0.2, -0.15) is 0 Å². The summed E-state index contributed by atoms with van der Waals surface area (Å²) in [6.45, 7) is 5.85. The summed E-state index contributed by atoms with van der Waals surface area (Å²) in [6.07, 6.45) is 4.64. The molecule has 0 saturated heterocycles. The fraction of sp³-hybridized carbons (Fsp3) is 0.739. The molecule has 0 spiro atoms. The Morgan fingerprint density at radius 3 is 2.60 bits per heavy atom. The van der Waals surface area contributed by atoms with E-state index in [2.05, 4.69) is 13.0 Å². The third kappa shape index (κ3) is 6.65. The molecule has 0 aromatic rings. The number of carboxylic acid groups (broad SMARTS) is 1. The normalized spacial score (nSPS) is 31.3. The second-order valence-electron chi connectivity index (χ2n) is 8.88. The van der Waals surface area contributed by atoms with Crippen molar-refractivity contribution in [1.29, 1.82) is 0 Å². The SMILES string of the molecule is CC[C@H](C)C(=O)O[C@H]1C[C@H](O)C=C2C=C[C@H](C)[C@H](CC[C@H](O)C[C@H](O)CC(=O)O)[C@H]21. The van der Waals surface area contributed by atoms with Crippen LogP contribution in [-0.2, 0) is 14.3 Å². The lowest BCUT2D eigenvalue weighted by Gasteiger charge is -2.43. The number of carboxylic acids is 1. The highest BCUT2D eigenvalue weighted by atomic mass is 16.5. The lowest BCUT2D eigenvalue weighted by atomic mass is 9.66. The van der Waals surface area contributed by atoms with Gasteiger partial charge in [0.1, 0.15) is 6.10 Å². The average Bonchev–Trinajstić information content (AvgIpc) is 2.65. The van der Waals surface area contributed by atoms with Crippen LogP contribution in [-0.4, -0.2) is 56.8 Å². The molecular formula is C23H36O7. The molecule has 0 amide bonds. The van der Waals surface area contributed by atoms with Crippen LogP contribution in [0.5, 0.6) is 0 Å². The van der Waals surface area contributed by atoms with E-state index in [1.165, 1.54) is 0 Å². The zero-order valence-corrected chi connectivity index (χ0v) is 18.1. The Morgan fingerprint density at radius 1 is 1.27 bits per heavy atom. The predicted molar refractivity (Wildman–Crippen MR) is 111 cm³/mol. The maximum absolute atomic E-state index is 12.4. The van der Waals surface area contributed by atoms with Crippen LogP contribution in [0.4, 0.5) is 0 Å². The molecule has 0 saturated carbocycles. The van der Waals surface area contributed by atoms with E-state index in [0.717, 1.165) is 5.57 Å². The predicted octanol–water partition coefficient (Wildman–Crippen LogP) is 2.44. The summed E-state index contributed by atoms with van der Waals surface area (Å²) in [5.41, 5.74) is 0.958. The number of fused-ring (bicyclic) bond motifs is 1. The monoisotopic (exact) mass is 424 g/mol. The minimum Gasteiger partial charge on any atom is -0.481 e. The summed E-state index contributed by atoms with van der Waals surface area (Å²) in [7, 11) is 0. The first-order valence-electron chi connectivity index (χ1n) is 11.0. The van der Waals surface area contributed by atoms with Gasteiger partial charge < -0.3 is 25.2 Å². The van der Waals surface area contributed by atoms with Crippen molar-refractivity contribution in [3.8, 4) is 0 Å². The second kappa shape index (κ2) is 11.1. The van der Waals surface area contributed by atoms with Gasteiger partial charge in [-0.3, -0.25) is 9.59 Å². The topological polar surface area (TPSA) is 124 Å². The summed E-state index contributed by atoms with van der Waals surface area (Å²) < 4.78 is 5.84. The number of hydrogen-bond acceptors (Lipinski definition) is 6. The molecule has 2 aliphatic rings. The molecule has 4 N–H and O–H groups in total. The highest BCUT2D eigenvalue weighted by Crippen LogP contribution is 2.44. The van der Waals surface area contributed by atoms with Crippen molar-refractivity contribution < 1.29 is 34.8 Å². The van der Waals surface area contributed by atoms with Crippen LogP contribution in [0.1, 0.15) is 59.3 Å². The molecule has 0 radical (unpaired) electrons. The Kier molecular flexibility index (Phi) is 9.07. The van der Waals surface area contributed by atoms with Crippen LogP contribution in [0.15, 0.2) is 23.8 Å². The number of rotatable bonds is 10. The molecular weight excluding hydrogens is 388 g/mol. The first-order valence-corrected chi connectivity index (χ1v) is 11.0. The molecule has 7 heteroatoms. The molecule has 0 heterocycles. The zero-order valence-electron chi connectivity index (χ0n) is 18.1. The minimum atomic E-state index is -1.10. The minimum absolute atomic E-state index is 0.0156. The summed E-state index contributed by atoms with van der Waals surface area (Å²) in [5, 5.41) is 39.1. The first-order chi connectivity index (χ1) is 14.1. The summed E-state index contributed by atoms with van der Waals surface area (Å²) in [4.78, 5) is 23.1. The van der Waals surface area contributed by atoms with Gasteiger partial charge in [-0.25, -0.2) is 0 Å². The Balaban J connectivity index is 2.09.